The standard InChI is InChI=1S/C7H12NO3P/c1-3-4-5(6(9)11-2)8-7(10)12/h3,5H,1,4,12H2,2H3,(H,8,10)/t5-/m0/s1. The molecule has 0 heterocycles. The Morgan fingerprint density at radius 3 is 2.67 bits per heavy atom. The first-order valence-corrected chi connectivity index (χ1v) is 3.94. The minimum atomic E-state index is -0.627. The average Bonchev–Trinajstić information content (AvgIpc) is 2.01. The van der Waals surface area contributed by atoms with Crippen LogP contribution in [0.15, 0.2) is 12.7 Å². The quantitative estimate of drug-likeness (QED) is 0.402. The SMILES string of the molecule is C=CC[C@H](NC(=O)P)C(=O)OC. The highest BCUT2D eigenvalue weighted by Gasteiger charge is 2.17. The van der Waals surface area contributed by atoms with Crippen LogP contribution < -0.4 is 5.32 Å². The minimum absolute atomic E-state index is 0.341. The molecule has 0 aromatic carbocycles. The fourth-order valence-electron chi connectivity index (χ4n) is 0.695. The van der Waals surface area contributed by atoms with Crippen LogP contribution in [0.25, 0.3) is 0 Å². The summed E-state index contributed by atoms with van der Waals surface area (Å²) < 4.78 is 4.46. The summed E-state index contributed by atoms with van der Waals surface area (Å²) in [5.74, 6) is -0.467. The van der Waals surface area contributed by atoms with Gasteiger partial charge in [-0.1, -0.05) is 6.08 Å². The first-order valence-electron chi connectivity index (χ1n) is 3.36. The molecule has 4 nitrogen and oxygen atoms in total. The fraction of sp³-hybridized carbons (Fsp3) is 0.429. The number of ether oxygens (including phenoxy) is 1. The van der Waals surface area contributed by atoms with Crippen LogP contribution in [-0.2, 0) is 9.53 Å². The summed E-state index contributed by atoms with van der Waals surface area (Å²) in [6.07, 6.45) is 1.91. The van der Waals surface area contributed by atoms with E-state index in [-0.39, 0.29) is 5.65 Å². The van der Waals surface area contributed by atoms with E-state index in [1.807, 2.05) is 9.24 Å². The molecule has 1 amide bonds. The number of hydrogen-bond donors (Lipinski definition) is 1. The number of methoxy groups -OCH3 is 1. The first-order chi connectivity index (χ1) is 5.61. The maximum atomic E-state index is 10.9. The highest BCUT2D eigenvalue weighted by Crippen LogP contribution is 1.97. The topological polar surface area (TPSA) is 55.4 Å². The molecule has 68 valence electrons. The van der Waals surface area contributed by atoms with Gasteiger partial charge in [0.25, 0.3) is 0 Å². The Hall–Kier alpha value is -0.890. The largest absolute Gasteiger partial charge is 0.467 e. The van der Waals surface area contributed by atoms with Crippen molar-refractivity contribution < 1.29 is 14.3 Å². The predicted molar refractivity (Wildman–Crippen MR) is 48.9 cm³/mol. The monoisotopic (exact) mass is 189 g/mol. The smallest absolute Gasteiger partial charge is 0.328 e. The lowest BCUT2D eigenvalue weighted by Gasteiger charge is -2.12. The highest BCUT2D eigenvalue weighted by atomic mass is 31.0. The molecule has 0 radical (unpaired) electrons. The zero-order chi connectivity index (χ0) is 9.56. The third-order valence-electron chi connectivity index (χ3n) is 1.20. The molecule has 0 aliphatic rings. The molecule has 0 aliphatic carbocycles. The average molecular weight is 189 g/mol. The molecule has 0 fully saturated rings. The number of carbonyl (C=O) groups excluding carboxylic acids is 2. The van der Waals surface area contributed by atoms with Gasteiger partial charge in [0, 0.05) is 0 Å². The molecule has 2 atom stereocenters. The fourth-order valence-corrected chi connectivity index (χ4v) is 0.896. The van der Waals surface area contributed by atoms with Crippen molar-refractivity contribution in [2.45, 2.75) is 12.5 Å². The zero-order valence-electron chi connectivity index (χ0n) is 6.87. The molecule has 0 saturated carbocycles. The van der Waals surface area contributed by atoms with E-state index in [2.05, 4.69) is 16.6 Å². The van der Waals surface area contributed by atoms with Crippen LogP contribution in [0.5, 0.6) is 0 Å². The van der Waals surface area contributed by atoms with Crippen molar-refractivity contribution >= 4 is 20.9 Å². The van der Waals surface area contributed by atoms with E-state index in [0.717, 1.165) is 0 Å². The van der Waals surface area contributed by atoms with E-state index in [9.17, 15) is 9.59 Å². The normalized spacial score (nSPS) is 11.5. The van der Waals surface area contributed by atoms with Crippen molar-refractivity contribution in [1.82, 2.24) is 5.32 Å². The Labute approximate surface area is 73.6 Å². The molecular weight excluding hydrogens is 177 g/mol. The summed E-state index contributed by atoms with van der Waals surface area (Å²) in [7, 11) is 3.20. The van der Waals surface area contributed by atoms with Crippen LogP contribution in [0.1, 0.15) is 6.42 Å². The first kappa shape index (κ1) is 11.1. The van der Waals surface area contributed by atoms with E-state index in [4.69, 9.17) is 0 Å². The van der Waals surface area contributed by atoms with Crippen molar-refractivity contribution in [1.29, 1.82) is 0 Å². The molecule has 0 spiro atoms. The van der Waals surface area contributed by atoms with E-state index < -0.39 is 12.0 Å². The van der Waals surface area contributed by atoms with Gasteiger partial charge < -0.3 is 10.1 Å². The van der Waals surface area contributed by atoms with Crippen molar-refractivity contribution in [2.75, 3.05) is 7.11 Å². The Bertz CT molecular complexity index is 193. The summed E-state index contributed by atoms with van der Waals surface area (Å²) in [5.41, 5.74) is -0.341. The third-order valence-corrected chi connectivity index (χ3v) is 1.37. The molecule has 0 aliphatic heterocycles. The van der Waals surface area contributed by atoms with Gasteiger partial charge >= 0.3 is 5.97 Å². The Kier molecular flexibility index (Phi) is 5.30. The molecule has 0 aromatic heterocycles. The second kappa shape index (κ2) is 5.72. The summed E-state index contributed by atoms with van der Waals surface area (Å²) in [5, 5.41) is 2.41. The maximum absolute atomic E-state index is 10.9. The van der Waals surface area contributed by atoms with Gasteiger partial charge in [0.1, 0.15) is 6.04 Å². The molecule has 0 aromatic rings. The Morgan fingerprint density at radius 2 is 2.33 bits per heavy atom. The minimum Gasteiger partial charge on any atom is -0.467 e. The van der Waals surface area contributed by atoms with Crippen LogP contribution >= 0.6 is 9.24 Å². The number of rotatable bonds is 4. The molecule has 1 unspecified atom stereocenters. The van der Waals surface area contributed by atoms with Gasteiger partial charge in [-0.3, -0.25) is 4.79 Å². The van der Waals surface area contributed by atoms with Crippen LogP contribution in [0.2, 0.25) is 0 Å². The second-order valence-electron chi connectivity index (χ2n) is 2.11. The number of carbonyl (C=O) groups is 2. The van der Waals surface area contributed by atoms with Gasteiger partial charge in [-0.25, -0.2) is 4.79 Å². The molecule has 1 N–H and O–H groups in total. The number of hydrogen-bond acceptors (Lipinski definition) is 3. The Morgan fingerprint density at radius 1 is 1.75 bits per heavy atom. The van der Waals surface area contributed by atoms with E-state index in [1.165, 1.54) is 7.11 Å². The molecule has 0 bridgehead atoms. The lowest BCUT2D eigenvalue weighted by Crippen LogP contribution is -2.38. The number of amides is 1. The second-order valence-corrected chi connectivity index (χ2v) is 2.63. The van der Waals surface area contributed by atoms with Gasteiger partial charge in [-0.2, -0.15) is 0 Å². The van der Waals surface area contributed by atoms with Gasteiger partial charge in [-0.05, 0) is 15.7 Å². The van der Waals surface area contributed by atoms with Gasteiger partial charge in [0.05, 0.1) is 7.11 Å². The summed E-state index contributed by atoms with van der Waals surface area (Å²) >= 11 is 0. The predicted octanol–water partition coefficient (Wildman–Crippen LogP) is 0.689. The van der Waals surface area contributed by atoms with Crippen molar-refractivity contribution in [3.8, 4) is 0 Å². The zero-order valence-corrected chi connectivity index (χ0v) is 8.03. The molecule has 0 saturated heterocycles. The summed E-state index contributed by atoms with van der Waals surface area (Å²) in [6, 6.07) is -0.627. The highest BCUT2D eigenvalue weighted by molar-refractivity contribution is 7.39. The maximum Gasteiger partial charge on any atom is 0.328 e. The summed E-state index contributed by atoms with van der Waals surface area (Å²) in [6.45, 7) is 3.46. The van der Waals surface area contributed by atoms with Crippen molar-refractivity contribution in [2.24, 2.45) is 0 Å². The molecule has 12 heavy (non-hydrogen) atoms. The van der Waals surface area contributed by atoms with Crippen LogP contribution in [0.3, 0.4) is 0 Å². The van der Waals surface area contributed by atoms with Crippen LogP contribution in [0, 0.1) is 0 Å². The molecular formula is C7H12NO3P. The lowest BCUT2D eigenvalue weighted by atomic mass is 10.2. The molecule has 5 heteroatoms. The molecule has 0 rings (SSSR count). The Balaban J connectivity index is 4.11. The summed E-state index contributed by atoms with van der Waals surface area (Å²) in [4.78, 5) is 21.5. The van der Waals surface area contributed by atoms with Crippen LogP contribution in [0.4, 0.5) is 4.79 Å². The van der Waals surface area contributed by atoms with Crippen LogP contribution in [-0.4, -0.2) is 24.8 Å². The van der Waals surface area contributed by atoms with E-state index in [1.54, 1.807) is 6.08 Å². The van der Waals surface area contributed by atoms with Gasteiger partial charge in [0.2, 0.25) is 5.65 Å². The van der Waals surface area contributed by atoms with E-state index in [0.29, 0.717) is 6.42 Å². The van der Waals surface area contributed by atoms with E-state index >= 15 is 0 Å². The van der Waals surface area contributed by atoms with Crippen molar-refractivity contribution in [3.05, 3.63) is 12.7 Å². The lowest BCUT2D eigenvalue weighted by molar-refractivity contribution is -0.142. The van der Waals surface area contributed by atoms with Gasteiger partial charge in [-0.15, -0.1) is 6.58 Å². The number of esters is 1. The third kappa shape index (κ3) is 4.09. The number of nitrogens with one attached hydrogen (secondary N) is 1. The van der Waals surface area contributed by atoms with Gasteiger partial charge in [0.15, 0.2) is 0 Å². The van der Waals surface area contributed by atoms with Crippen molar-refractivity contribution in [3.63, 3.8) is 0 Å².